The van der Waals surface area contributed by atoms with E-state index in [1.807, 2.05) is 0 Å². The lowest BCUT2D eigenvalue weighted by molar-refractivity contribution is 0.0697. The van der Waals surface area contributed by atoms with Crippen LogP contribution in [0.1, 0.15) is 33.6 Å². The van der Waals surface area contributed by atoms with Gasteiger partial charge in [-0.2, -0.15) is 0 Å². The van der Waals surface area contributed by atoms with Crippen molar-refractivity contribution in [2.75, 3.05) is 13.1 Å². The number of pyridine rings is 1. The maximum Gasteiger partial charge on any atom is 0.255 e. The molecule has 6 heteroatoms. The number of likely N-dealkylation sites (tertiary alicyclic amines) is 1. The second-order valence-corrected chi connectivity index (χ2v) is 5.80. The second kappa shape index (κ2) is 7.12. The summed E-state index contributed by atoms with van der Waals surface area (Å²) in [4.78, 5) is 30.3. The van der Waals surface area contributed by atoms with E-state index >= 15 is 0 Å². The van der Waals surface area contributed by atoms with Gasteiger partial charge in [-0.3, -0.25) is 14.6 Å². The van der Waals surface area contributed by atoms with Gasteiger partial charge in [-0.1, -0.05) is 12.1 Å². The average molecular weight is 325 g/mol. The molecule has 1 aromatic heterocycles. The molecule has 2 heterocycles. The summed E-state index contributed by atoms with van der Waals surface area (Å²) in [5, 5.41) is 12.7. The summed E-state index contributed by atoms with van der Waals surface area (Å²) < 4.78 is 0. The Bertz CT molecular complexity index is 725. The Morgan fingerprint density at radius 3 is 2.54 bits per heavy atom. The summed E-state index contributed by atoms with van der Waals surface area (Å²) >= 11 is 0. The van der Waals surface area contributed by atoms with Crippen molar-refractivity contribution in [3.8, 4) is 5.75 Å². The quantitative estimate of drug-likeness (QED) is 0.902. The first-order valence-corrected chi connectivity index (χ1v) is 7.93. The van der Waals surface area contributed by atoms with Crippen molar-refractivity contribution < 1.29 is 14.7 Å². The van der Waals surface area contributed by atoms with E-state index in [0.29, 0.717) is 31.5 Å². The van der Waals surface area contributed by atoms with Crippen molar-refractivity contribution >= 4 is 11.8 Å². The Balaban J connectivity index is 1.55. The van der Waals surface area contributed by atoms with Gasteiger partial charge in [0.1, 0.15) is 5.75 Å². The summed E-state index contributed by atoms with van der Waals surface area (Å²) in [5.74, 6) is -0.349. The van der Waals surface area contributed by atoms with E-state index in [9.17, 15) is 14.7 Å². The molecular weight excluding hydrogens is 306 g/mol. The number of rotatable bonds is 3. The number of phenolic OH excluding ortho intramolecular Hbond substituents is 1. The Morgan fingerprint density at radius 2 is 1.88 bits per heavy atom. The highest BCUT2D eigenvalue weighted by molar-refractivity contribution is 5.97. The molecule has 0 spiro atoms. The standard InChI is InChI=1S/C18H19N3O3/c22-16-6-2-1-5-15(16)17(23)20-14-7-10-21(11-8-14)18(24)13-4-3-9-19-12-13/h1-6,9,12,14,22H,7-8,10-11H2,(H,20,23). The molecule has 1 aromatic carbocycles. The zero-order valence-corrected chi connectivity index (χ0v) is 13.2. The molecule has 124 valence electrons. The average Bonchev–Trinajstić information content (AvgIpc) is 2.63. The first kappa shape index (κ1) is 16.0. The van der Waals surface area contributed by atoms with Crippen LogP contribution < -0.4 is 5.32 Å². The molecule has 1 aliphatic heterocycles. The third-order valence-electron chi connectivity index (χ3n) is 4.17. The fraction of sp³-hybridized carbons (Fsp3) is 0.278. The molecule has 2 aromatic rings. The van der Waals surface area contributed by atoms with Crippen LogP contribution in [0.3, 0.4) is 0 Å². The van der Waals surface area contributed by atoms with Crippen molar-refractivity contribution in [1.82, 2.24) is 15.2 Å². The van der Waals surface area contributed by atoms with Crippen molar-refractivity contribution in [2.24, 2.45) is 0 Å². The van der Waals surface area contributed by atoms with Gasteiger partial charge in [-0.05, 0) is 37.1 Å². The zero-order valence-electron chi connectivity index (χ0n) is 13.2. The molecule has 0 radical (unpaired) electrons. The van der Waals surface area contributed by atoms with E-state index in [2.05, 4.69) is 10.3 Å². The van der Waals surface area contributed by atoms with Crippen LogP contribution in [0, 0.1) is 0 Å². The first-order valence-electron chi connectivity index (χ1n) is 7.93. The number of hydrogen-bond acceptors (Lipinski definition) is 4. The molecule has 1 fully saturated rings. The van der Waals surface area contributed by atoms with E-state index in [0.717, 1.165) is 0 Å². The summed E-state index contributed by atoms with van der Waals surface area (Å²) in [6, 6.07) is 9.96. The molecule has 0 saturated carbocycles. The highest BCUT2D eigenvalue weighted by Gasteiger charge is 2.25. The minimum atomic E-state index is -0.287. The maximum atomic E-state index is 12.4. The number of phenols is 1. The first-order chi connectivity index (χ1) is 11.6. The molecule has 1 aliphatic rings. The molecule has 0 unspecified atom stereocenters. The molecule has 0 aliphatic carbocycles. The van der Waals surface area contributed by atoms with Crippen LogP contribution in [0.15, 0.2) is 48.8 Å². The van der Waals surface area contributed by atoms with Crippen molar-refractivity contribution in [1.29, 1.82) is 0 Å². The number of hydrogen-bond donors (Lipinski definition) is 2. The Hall–Kier alpha value is -2.89. The Labute approximate surface area is 140 Å². The van der Waals surface area contributed by atoms with Crippen LogP contribution in [0.25, 0.3) is 0 Å². The fourth-order valence-corrected chi connectivity index (χ4v) is 2.83. The number of aromatic nitrogens is 1. The summed E-state index contributed by atoms with van der Waals surface area (Å²) in [6.45, 7) is 1.17. The highest BCUT2D eigenvalue weighted by atomic mass is 16.3. The number of carbonyl (C=O) groups is 2. The van der Waals surface area contributed by atoms with Gasteiger partial charge in [0.2, 0.25) is 0 Å². The fourth-order valence-electron chi connectivity index (χ4n) is 2.83. The monoisotopic (exact) mass is 325 g/mol. The maximum absolute atomic E-state index is 12.4. The van der Waals surface area contributed by atoms with E-state index in [1.165, 1.54) is 6.07 Å². The number of aromatic hydroxyl groups is 1. The van der Waals surface area contributed by atoms with Crippen LogP contribution in [0.5, 0.6) is 5.75 Å². The van der Waals surface area contributed by atoms with E-state index in [1.54, 1.807) is 47.6 Å². The van der Waals surface area contributed by atoms with Gasteiger partial charge in [0.15, 0.2) is 0 Å². The largest absolute Gasteiger partial charge is 0.507 e. The minimum Gasteiger partial charge on any atom is -0.507 e. The normalized spacial score (nSPS) is 15.1. The van der Waals surface area contributed by atoms with E-state index in [-0.39, 0.29) is 29.2 Å². The van der Waals surface area contributed by atoms with Gasteiger partial charge in [-0.15, -0.1) is 0 Å². The lowest BCUT2D eigenvalue weighted by Crippen LogP contribution is -2.46. The molecule has 0 atom stereocenters. The van der Waals surface area contributed by atoms with Crippen LogP contribution in [0.4, 0.5) is 0 Å². The third-order valence-corrected chi connectivity index (χ3v) is 4.17. The van der Waals surface area contributed by atoms with Gasteiger partial charge in [0.05, 0.1) is 11.1 Å². The summed E-state index contributed by atoms with van der Waals surface area (Å²) in [6.07, 6.45) is 4.57. The number of benzene rings is 1. The topological polar surface area (TPSA) is 82.5 Å². The van der Waals surface area contributed by atoms with Gasteiger partial charge in [0.25, 0.3) is 11.8 Å². The van der Waals surface area contributed by atoms with Crippen molar-refractivity contribution in [2.45, 2.75) is 18.9 Å². The van der Waals surface area contributed by atoms with Gasteiger partial charge >= 0.3 is 0 Å². The molecule has 2 amide bonds. The van der Waals surface area contributed by atoms with E-state index in [4.69, 9.17) is 0 Å². The number of nitrogens with zero attached hydrogens (tertiary/aromatic N) is 2. The molecule has 0 bridgehead atoms. The Morgan fingerprint density at radius 1 is 1.12 bits per heavy atom. The second-order valence-electron chi connectivity index (χ2n) is 5.80. The number of para-hydroxylation sites is 1. The number of nitrogens with one attached hydrogen (secondary N) is 1. The van der Waals surface area contributed by atoms with Gasteiger partial charge < -0.3 is 15.3 Å². The third kappa shape index (κ3) is 3.53. The van der Waals surface area contributed by atoms with Crippen molar-refractivity contribution in [3.05, 3.63) is 59.9 Å². The van der Waals surface area contributed by atoms with E-state index < -0.39 is 0 Å². The SMILES string of the molecule is O=C(NC1CCN(C(=O)c2cccnc2)CC1)c1ccccc1O. The lowest BCUT2D eigenvalue weighted by Gasteiger charge is -2.32. The van der Waals surface area contributed by atoms with Crippen LogP contribution in [0.2, 0.25) is 0 Å². The molecule has 6 nitrogen and oxygen atoms in total. The number of amides is 2. The number of carbonyl (C=O) groups excluding carboxylic acids is 2. The molecule has 1 saturated heterocycles. The molecular formula is C18H19N3O3. The van der Waals surface area contributed by atoms with Gasteiger partial charge in [0, 0.05) is 31.5 Å². The van der Waals surface area contributed by atoms with Gasteiger partial charge in [-0.25, -0.2) is 0 Å². The predicted molar refractivity (Wildman–Crippen MR) is 88.7 cm³/mol. The predicted octanol–water partition coefficient (Wildman–Crippen LogP) is 1.82. The van der Waals surface area contributed by atoms with Crippen LogP contribution in [-0.4, -0.2) is 45.9 Å². The minimum absolute atomic E-state index is 0.00458. The van der Waals surface area contributed by atoms with Crippen molar-refractivity contribution in [3.63, 3.8) is 0 Å². The molecule has 2 N–H and O–H groups in total. The number of piperidine rings is 1. The summed E-state index contributed by atoms with van der Waals surface area (Å²) in [7, 11) is 0. The Kier molecular flexibility index (Phi) is 4.74. The zero-order chi connectivity index (χ0) is 16.9. The van der Waals surface area contributed by atoms with Crippen LogP contribution in [-0.2, 0) is 0 Å². The molecule has 24 heavy (non-hydrogen) atoms. The smallest absolute Gasteiger partial charge is 0.255 e. The van der Waals surface area contributed by atoms with Crippen LogP contribution >= 0.6 is 0 Å². The highest BCUT2D eigenvalue weighted by Crippen LogP contribution is 2.18. The lowest BCUT2D eigenvalue weighted by atomic mass is 10.0. The molecule has 3 rings (SSSR count). The summed E-state index contributed by atoms with van der Waals surface area (Å²) in [5.41, 5.74) is 0.848.